The van der Waals surface area contributed by atoms with Gasteiger partial charge in [0.2, 0.25) is 0 Å². The van der Waals surface area contributed by atoms with Crippen LogP contribution in [0.1, 0.15) is 33.7 Å². The van der Waals surface area contributed by atoms with E-state index in [0.717, 1.165) is 0 Å². The van der Waals surface area contributed by atoms with Gasteiger partial charge in [0.15, 0.2) is 11.5 Å². The molecule has 0 aliphatic carbocycles. The van der Waals surface area contributed by atoms with Crippen molar-refractivity contribution >= 4 is 28.7 Å². The molecule has 0 aliphatic rings. The van der Waals surface area contributed by atoms with E-state index >= 15 is 0 Å². The summed E-state index contributed by atoms with van der Waals surface area (Å²) in [5.41, 5.74) is 3.03. The maximum absolute atomic E-state index is 13.2. The summed E-state index contributed by atoms with van der Waals surface area (Å²) in [6, 6.07) is 9.22. The molecular weight excluding hydrogens is 395 g/mol. The number of benzene rings is 1. The predicted octanol–water partition coefficient (Wildman–Crippen LogP) is 4.24. The molecule has 4 rings (SSSR count). The van der Waals surface area contributed by atoms with E-state index in [1.807, 2.05) is 0 Å². The molecule has 3 heterocycles. The molecule has 1 aromatic carbocycles. The van der Waals surface area contributed by atoms with Crippen molar-refractivity contribution in [3.8, 4) is 10.4 Å². The highest BCUT2D eigenvalue weighted by Crippen LogP contribution is 2.28. The van der Waals surface area contributed by atoms with Crippen molar-refractivity contribution in [1.82, 2.24) is 14.8 Å². The van der Waals surface area contributed by atoms with Crippen molar-refractivity contribution < 1.29 is 18.4 Å². The van der Waals surface area contributed by atoms with Gasteiger partial charge in [-0.05, 0) is 29.8 Å². The number of ketones is 1. The molecule has 7 nitrogen and oxygen atoms in total. The van der Waals surface area contributed by atoms with Crippen molar-refractivity contribution in [2.75, 3.05) is 5.32 Å². The number of Topliss-reactive ketones (excluding diaryl/α,β-unsaturated/α-hetero) is 1. The summed E-state index contributed by atoms with van der Waals surface area (Å²) in [4.78, 5) is 28.8. The minimum Gasteiger partial charge on any atom is -0.456 e. The molecular formula is C20H15FN4O3S. The van der Waals surface area contributed by atoms with Crippen molar-refractivity contribution in [3.05, 3.63) is 77.3 Å². The second kappa shape index (κ2) is 7.80. The average Bonchev–Trinajstić information content (AvgIpc) is 3.43. The molecule has 0 bridgehead atoms. The number of furan rings is 1. The Balaban J connectivity index is 1.46. The Morgan fingerprint density at radius 2 is 2.00 bits per heavy atom. The summed E-state index contributed by atoms with van der Waals surface area (Å²) in [6.45, 7) is 1.75. The first-order valence-corrected chi connectivity index (χ1v) is 9.50. The van der Waals surface area contributed by atoms with Gasteiger partial charge < -0.3 is 9.73 Å². The highest BCUT2D eigenvalue weighted by molar-refractivity contribution is 7.13. The molecule has 0 atom stereocenters. The zero-order valence-electron chi connectivity index (χ0n) is 15.3. The predicted molar refractivity (Wildman–Crippen MR) is 106 cm³/mol. The van der Waals surface area contributed by atoms with Gasteiger partial charge in [0, 0.05) is 13.1 Å². The first kappa shape index (κ1) is 18.8. The zero-order chi connectivity index (χ0) is 20.4. The normalized spacial score (nSPS) is 10.8. The molecule has 29 heavy (non-hydrogen) atoms. The van der Waals surface area contributed by atoms with E-state index in [1.165, 1.54) is 36.6 Å². The number of nitrogens with zero attached hydrogens (tertiary/aromatic N) is 3. The van der Waals surface area contributed by atoms with Crippen LogP contribution in [0.25, 0.3) is 10.4 Å². The number of amides is 1. The molecule has 3 aromatic heterocycles. The summed E-state index contributed by atoms with van der Waals surface area (Å²) in [5, 5.41) is 6.95. The van der Waals surface area contributed by atoms with E-state index in [9.17, 15) is 14.0 Å². The molecule has 1 N–H and O–H groups in total. The maximum Gasteiger partial charge on any atom is 0.275 e. The second-order valence-electron chi connectivity index (χ2n) is 6.24. The molecule has 4 aromatic rings. The van der Waals surface area contributed by atoms with Crippen molar-refractivity contribution in [2.24, 2.45) is 0 Å². The SMILES string of the molecule is CC(=O)c1ccc(Cn2cc(NC(=O)c3ncsc3-c3ccc(F)cc3)cn2)o1. The van der Waals surface area contributed by atoms with Crippen LogP contribution >= 0.6 is 11.3 Å². The van der Waals surface area contributed by atoms with Gasteiger partial charge in [0.05, 0.1) is 28.8 Å². The van der Waals surface area contributed by atoms with Gasteiger partial charge in [0.1, 0.15) is 17.3 Å². The highest BCUT2D eigenvalue weighted by Gasteiger charge is 2.17. The second-order valence-corrected chi connectivity index (χ2v) is 7.09. The molecule has 0 fully saturated rings. The molecule has 146 valence electrons. The van der Waals surface area contributed by atoms with Gasteiger partial charge in [-0.3, -0.25) is 14.3 Å². The highest BCUT2D eigenvalue weighted by atomic mass is 32.1. The summed E-state index contributed by atoms with van der Waals surface area (Å²) < 4.78 is 20.2. The van der Waals surface area contributed by atoms with Crippen LogP contribution in [0.5, 0.6) is 0 Å². The number of nitrogens with one attached hydrogen (secondary N) is 1. The van der Waals surface area contributed by atoms with Gasteiger partial charge in [-0.1, -0.05) is 12.1 Å². The smallest absolute Gasteiger partial charge is 0.275 e. The fraction of sp³-hybridized carbons (Fsp3) is 0.100. The Morgan fingerprint density at radius 1 is 1.21 bits per heavy atom. The van der Waals surface area contributed by atoms with E-state index in [0.29, 0.717) is 28.4 Å². The molecule has 0 unspecified atom stereocenters. The van der Waals surface area contributed by atoms with E-state index < -0.39 is 0 Å². The lowest BCUT2D eigenvalue weighted by atomic mass is 10.1. The van der Waals surface area contributed by atoms with Crippen molar-refractivity contribution in [3.63, 3.8) is 0 Å². The van der Waals surface area contributed by atoms with Crippen LogP contribution in [0.15, 0.2) is 58.7 Å². The quantitative estimate of drug-likeness (QED) is 0.480. The fourth-order valence-electron chi connectivity index (χ4n) is 2.73. The number of anilines is 1. The minimum atomic E-state index is -0.387. The van der Waals surface area contributed by atoms with Crippen LogP contribution in [-0.2, 0) is 6.54 Å². The van der Waals surface area contributed by atoms with Crippen molar-refractivity contribution in [1.29, 1.82) is 0 Å². The Bertz CT molecular complexity index is 1180. The number of carbonyl (C=O) groups excluding carboxylic acids is 2. The Morgan fingerprint density at radius 3 is 2.72 bits per heavy atom. The lowest BCUT2D eigenvalue weighted by Crippen LogP contribution is -2.13. The zero-order valence-corrected chi connectivity index (χ0v) is 16.1. The van der Waals surface area contributed by atoms with Crippen LogP contribution in [-0.4, -0.2) is 26.5 Å². The number of hydrogen-bond acceptors (Lipinski definition) is 6. The standard InChI is InChI=1S/C20H15FN4O3S/c1-12(26)17-7-6-16(28-17)10-25-9-15(8-23-25)24-20(27)18-19(29-11-22-18)13-2-4-14(21)5-3-13/h2-9,11H,10H2,1H3,(H,24,27). The summed E-state index contributed by atoms with van der Waals surface area (Å²) >= 11 is 1.30. The number of rotatable bonds is 6. The first-order valence-electron chi connectivity index (χ1n) is 8.62. The van der Waals surface area contributed by atoms with Crippen LogP contribution in [0, 0.1) is 5.82 Å². The molecule has 9 heteroatoms. The number of aromatic nitrogens is 3. The third-order valence-corrected chi connectivity index (χ3v) is 4.98. The molecule has 0 spiro atoms. The molecule has 0 radical (unpaired) electrons. The number of halogens is 1. The largest absolute Gasteiger partial charge is 0.456 e. The van der Waals surface area contributed by atoms with E-state index in [4.69, 9.17) is 4.42 Å². The van der Waals surface area contributed by atoms with Gasteiger partial charge >= 0.3 is 0 Å². The van der Waals surface area contributed by atoms with E-state index in [1.54, 1.807) is 40.7 Å². The number of hydrogen-bond donors (Lipinski definition) is 1. The molecule has 0 aliphatic heterocycles. The average molecular weight is 410 g/mol. The van der Waals surface area contributed by atoms with Gasteiger partial charge in [0.25, 0.3) is 5.91 Å². The fourth-order valence-corrected chi connectivity index (χ4v) is 3.52. The molecule has 0 saturated carbocycles. The lowest BCUT2D eigenvalue weighted by molar-refractivity contribution is 0.0983. The maximum atomic E-state index is 13.2. The number of thiazole rings is 1. The Kier molecular flexibility index (Phi) is 5.05. The van der Waals surface area contributed by atoms with Crippen LogP contribution in [0.2, 0.25) is 0 Å². The number of carbonyl (C=O) groups is 2. The summed E-state index contributed by atoms with van der Waals surface area (Å²) in [7, 11) is 0. The lowest BCUT2D eigenvalue weighted by Gasteiger charge is -2.03. The Hall–Kier alpha value is -3.59. The van der Waals surface area contributed by atoms with E-state index in [2.05, 4.69) is 15.4 Å². The summed E-state index contributed by atoms with van der Waals surface area (Å²) in [6.07, 6.45) is 3.16. The van der Waals surface area contributed by atoms with Gasteiger partial charge in [-0.25, -0.2) is 9.37 Å². The third kappa shape index (κ3) is 4.14. The Labute approximate surface area is 168 Å². The molecule has 1 amide bonds. The van der Waals surface area contributed by atoms with Crippen LogP contribution < -0.4 is 5.32 Å². The van der Waals surface area contributed by atoms with Crippen LogP contribution in [0.4, 0.5) is 10.1 Å². The summed E-state index contributed by atoms with van der Waals surface area (Å²) in [5.74, 6) is -0.0117. The van der Waals surface area contributed by atoms with Gasteiger partial charge in [-0.2, -0.15) is 5.10 Å². The minimum absolute atomic E-state index is 0.148. The molecule has 0 saturated heterocycles. The van der Waals surface area contributed by atoms with E-state index in [-0.39, 0.29) is 29.0 Å². The topological polar surface area (TPSA) is 90.0 Å². The van der Waals surface area contributed by atoms with Gasteiger partial charge in [-0.15, -0.1) is 11.3 Å². The third-order valence-electron chi connectivity index (χ3n) is 4.11. The monoisotopic (exact) mass is 410 g/mol. The van der Waals surface area contributed by atoms with Crippen LogP contribution in [0.3, 0.4) is 0 Å². The van der Waals surface area contributed by atoms with Crippen molar-refractivity contribution in [2.45, 2.75) is 13.5 Å². The first-order chi connectivity index (χ1) is 14.0.